The van der Waals surface area contributed by atoms with E-state index in [-0.39, 0.29) is 34.9 Å². The van der Waals surface area contributed by atoms with Gasteiger partial charge in [-0.05, 0) is 64.7 Å². The summed E-state index contributed by atoms with van der Waals surface area (Å²) in [6, 6.07) is 4.61. The molecule has 0 saturated heterocycles. The zero-order chi connectivity index (χ0) is 19.5. The van der Waals surface area contributed by atoms with Crippen molar-refractivity contribution in [1.82, 2.24) is 5.32 Å². The number of anilines is 1. The average Bonchev–Trinajstić information content (AvgIpc) is 2.53. The Morgan fingerprint density at radius 1 is 0.962 bits per heavy atom. The Labute approximate surface area is 151 Å². The molecule has 2 amide bonds. The van der Waals surface area contributed by atoms with E-state index in [0.29, 0.717) is 25.7 Å². The fraction of sp³-hybridized carbons (Fsp3) is 0.579. The zero-order valence-electron chi connectivity index (χ0n) is 15.2. The number of amides is 2. The van der Waals surface area contributed by atoms with Crippen molar-refractivity contribution in [3.8, 4) is 0 Å². The number of alkyl halides is 3. The molecular formula is C19H25F3N2O2. The fourth-order valence-electron chi connectivity index (χ4n) is 3.11. The van der Waals surface area contributed by atoms with E-state index in [9.17, 15) is 22.8 Å². The Hall–Kier alpha value is -2.05. The summed E-state index contributed by atoms with van der Waals surface area (Å²) < 4.78 is 38.2. The van der Waals surface area contributed by atoms with Crippen molar-refractivity contribution >= 4 is 17.5 Å². The first-order valence-electron chi connectivity index (χ1n) is 8.76. The Bertz CT molecular complexity index is 657. The smallest absolute Gasteiger partial charge is 0.351 e. The highest BCUT2D eigenvalue weighted by Gasteiger charge is 2.32. The van der Waals surface area contributed by atoms with E-state index in [4.69, 9.17) is 0 Å². The number of halogens is 3. The van der Waals surface area contributed by atoms with E-state index in [1.54, 1.807) is 0 Å². The third kappa shape index (κ3) is 5.75. The summed E-state index contributed by atoms with van der Waals surface area (Å²) in [5.41, 5.74) is -0.954. The van der Waals surface area contributed by atoms with Gasteiger partial charge in [0, 0.05) is 23.1 Å². The number of carbonyl (C=O) groups excluding carboxylic acids is 2. The van der Waals surface area contributed by atoms with Crippen LogP contribution in [0.5, 0.6) is 0 Å². The van der Waals surface area contributed by atoms with Gasteiger partial charge < -0.3 is 10.6 Å². The molecular weight excluding hydrogens is 345 g/mol. The van der Waals surface area contributed by atoms with Crippen LogP contribution in [0.15, 0.2) is 24.3 Å². The van der Waals surface area contributed by atoms with Crippen LogP contribution in [0.4, 0.5) is 18.9 Å². The highest BCUT2D eigenvalue weighted by atomic mass is 19.4. The van der Waals surface area contributed by atoms with Gasteiger partial charge in [0.25, 0.3) is 0 Å². The molecule has 2 rings (SSSR count). The molecule has 1 saturated carbocycles. The fourth-order valence-corrected chi connectivity index (χ4v) is 3.11. The van der Waals surface area contributed by atoms with Crippen LogP contribution in [0.3, 0.4) is 0 Å². The molecule has 0 radical (unpaired) electrons. The first kappa shape index (κ1) is 20.3. The van der Waals surface area contributed by atoms with Crippen LogP contribution < -0.4 is 10.6 Å². The maximum Gasteiger partial charge on any atom is 0.416 e. The molecule has 0 aromatic heterocycles. The summed E-state index contributed by atoms with van der Waals surface area (Å²) in [7, 11) is 0. The molecule has 4 nitrogen and oxygen atoms in total. The molecule has 26 heavy (non-hydrogen) atoms. The zero-order valence-corrected chi connectivity index (χ0v) is 15.2. The molecule has 144 valence electrons. The summed E-state index contributed by atoms with van der Waals surface area (Å²) in [6.45, 7) is 5.75. The summed E-state index contributed by atoms with van der Waals surface area (Å²) >= 11 is 0. The van der Waals surface area contributed by atoms with Crippen molar-refractivity contribution in [3.05, 3.63) is 29.8 Å². The van der Waals surface area contributed by atoms with Crippen molar-refractivity contribution in [2.75, 3.05) is 5.32 Å². The van der Waals surface area contributed by atoms with E-state index in [0.717, 1.165) is 12.1 Å². The quantitative estimate of drug-likeness (QED) is 0.830. The van der Waals surface area contributed by atoms with Crippen molar-refractivity contribution in [1.29, 1.82) is 0 Å². The van der Waals surface area contributed by atoms with Gasteiger partial charge in [0.15, 0.2) is 0 Å². The second kappa shape index (κ2) is 7.68. The van der Waals surface area contributed by atoms with Crippen LogP contribution >= 0.6 is 0 Å². The minimum absolute atomic E-state index is 0.00534. The highest BCUT2D eigenvalue weighted by Crippen LogP contribution is 2.32. The van der Waals surface area contributed by atoms with E-state index in [1.807, 2.05) is 20.8 Å². The molecule has 7 heteroatoms. The third-order valence-corrected chi connectivity index (χ3v) is 4.42. The largest absolute Gasteiger partial charge is 0.416 e. The SMILES string of the molecule is CC(C)(C)NC(=O)C1CCC(C(=O)Nc2cccc(C(F)(F)F)c2)CC1. The molecule has 1 fully saturated rings. The van der Waals surface area contributed by atoms with E-state index < -0.39 is 11.7 Å². The van der Waals surface area contributed by atoms with Gasteiger partial charge in [-0.15, -0.1) is 0 Å². The molecule has 2 N–H and O–H groups in total. The lowest BCUT2D eigenvalue weighted by atomic mass is 9.81. The molecule has 1 aliphatic carbocycles. The number of hydrogen-bond donors (Lipinski definition) is 2. The molecule has 1 aliphatic rings. The van der Waals surface area contributed by atoms with Crippen molar-refractivity contribution in [2.45, 2.75) is 58.2 Å². The molecule has 0 heterocycles. The first-order chi connectivity index (χ1) is 12.0. The van der Waals surface area contributed by atoms with Crippen LogP contribution in [0, 0.1) is 11.8 Å². The second-order valence-electron chi connectivity index (χ2n) is 7.86. The lowest BCUT2D eigenvalue weighted by molar-refractivity contribution is -0.137. The standard InChI is InChI=1S/C19H25F3N2O2/c1-18(2,3)24-17(26)13-9-7-12(8-10-13)16(25)23-15-6-4-5-14(11-15)19(20,21)22/h4-6,11-13H,7-10H2,1-3H3,(H,23,25)(H,24,26). The van der Waals surface area contributed by atoms with Crippen LogP contribution in [0.2, 0.25) is 0 Å². The maximum atomic E-state index is 12.7. The van der Waals surface area contributed by atoms with Gasteiger partial charge in [0.2, 0.25) is 11.8 Å². The average molecular weight is 370 g/mol. The van der Waals surface area contributed by atoms with Crippen LogP contribution in [-0.4, -0.2) is 17.4 Å². The highest BCUT2D eigenvalue weighted by molar-refractivity contribution is 5.92. The van der Waals surface area contributed by atoms with Gasteiger partial charge in [-0.25, -0.2) is 0 Å². The Kier molecular flexibility index (Phi) is 5.98. The predicted octanol–water partition coefficient (Wildman–Crippen LogP) is 4.37. The second-order valence-corrected chi connectivity index (χ2v) is 7.86. The minimum atomic E-state index is -4.45. The van der Waals surface area contributed by atoms with Crippen LogP contribution in [0.1, 0.15) is 52.0 Å². The van der Waals surface area contributed by atoms with Crippen LogP contribution in [0.25, 0.3) is 0 Å². The number of hydrogen-bond acceptors (Lipinski definition) is 2. The summed E-state index contributed by atoms with van der Waals surface area (Å²) in [5, 5.41) is 5.51. The first-order valence-corrected chi connectivity index (χ1v) is 8.76. The van der Waals surface area contributed by atoms with E-state index in [2.05, 4.69) is 10.6 Å². The van der Waals surface area contributed by atoms with Gasteiger partial charge in [-0.3, -0.25) is 9.59 Å². The van der Waals surface area contributed by atoms with Gasteiger partial charge in [-0.2, -0.15) is 13.2 Å². The van der Waals surface area contributed by atoms with Gasteiger partial charge in [0.05, 0.1) is 5.56 Å². The number of carbonyl (C=O) groups is 2. The van der Waals surface area contributed by atoms with Crippen molar-refractivity contribution in [2.24, 2.45) is 11.8 Å². The molecule has 0 spiro atoms. The van der Waals surface area contributed by atoms with Crippen LogP contribution in [-0.2, 0) is 15.8 Å². The predicted molar refractivity (Wildman–Crippen MR) is 93.4 cm³/mol. The van der Waals surface area contributed by atoms with Gasteiger partial charge >= 0.3 is 6.18 Å². The Morgan fingerprint density at radius 3 is 2.00 bits per heavy atom. The van der Waals surface area contributed by atoms with E-state index >= 15 is 0 Å². The van der Waals surface area contributed by atoms with Gasteiger partial charge in [0.1, 0.15) is 0 Å². The molecule has 0 atom stereocenters. The number of rotatable bonds is 3. The topological polar surface area (TPSA) is 58.2 Å². The summed E-state index contributed by atoms with van der Waals surface area (Å²) in [4.78, 5) is 24.5. The maximum absolute atomic E-state index is 12.7. The lowest BCUT2D eigenvalue weighted by Crippen LogP contribution is -2.45. The van der Waals surface area contributed by atoms with Crippen molar-refractivity contribution < 1.29 is 22.8 Å². The summed E-state index contributed by atoms with van der Waals surface area (Å²) in [5.74, 6) is -0.705. The monoisotopic (exact) mass is 370 g/mol. The molecule has 1 aromatic rings. The normalized spacial score (nSPS) is 21.2. The van der Waals surface area contributed by atoms with Gasteiger partial charge in [-0.1, -0.05) is 6.07 Å². The Morgan fingerprint density at radius 2 is 1.50 bits per heavy atom. The molecule has 1 aromatic carbocycles. The molecule has 0 unspecified atom stereocenters. The lowest BCUT2D eigenvalue weighted by Gasteiger charge is -2.30. The minimum Gasteiger partial charge on any atom is -0.351 e. The van der Waals surface area contributed by atoms with Crippen molar-refractivity contribution in [3.63, 3.8) is 0 Å². The Balaban J connectivity index is 1.90. The summed E-state index contributed by atoms with van der Waals surface area (Å²) in [6.07, 6.45) is -2.15. The van der Waals surface area contributed by atoms with E-state index in [1.165, 1.54) is 12.1 Å². The molecule has 0 bridgehead atoms. The number of nitrogens with one attached hydrogen (secondary N) is 2. The third-order valence-electron chi connectivity index (χ3n) is 4.42. The molecule has 0 aliphatic heterocycles. The number of benzene rings is 1.